The van der Waals surface area contributed by atoms with Gasteiger partial charge < -0.3 is 10.1 Å². The second-order valence-corrected chi connectivity index (χ2v) is 8.07. The number of ether oxygens (including phenoxy) is 1. The van der Waals surface area contributed by atoms with E-state index < -0.39 is 11.3 Å². The van der Waals surface area contributed by atoms with Crippen molar-refractivity contribution in [1.29, 1.82) is 0 Å². The summed E-state index contributed by atoms with van der Waals surface area (Å²) in [6.45, 7) is 0.846. The molecule has 0 atom stereocenters. The molecule has 0 radical (unpaired) electrons. The Morgan fingerprint density at radius 2 is 1.92 bits per heavy atom. The van der Waals surface area contributed by atoms with Crippen LogP contribution in [0.3, 0.4) is 0 Å². The van der Waals surface area contributed by atoms with Crippen molar-refractivity contribution in [3.63, 3.8) is 0 Å². The van der Waals surface area contributed by atoms with E-state index in [0.717, 1.165) is 30.8 Å². The highest BCUT2D eigenvalue weighted by Crippen LogP contribution is 2.70. The molecule has 0 aromatic carbocycles. The summed E-state index contributed by atoms with van der Waals surface area (Å²) in [5, 5.41) is 3.59. The first-order chi connectivity index (χ1) is 11.5. The molecule has 0 amide bonds. The maximum absolute atomic E-state index is 13.4. The largest absolute Gasteiger partial charge is 0.495 e. The summed E-state index contributed by atoms with van der Waals surface area (Å²) in [5.41, 5.74) is 0.503. The molecule has 3 aliphatic carbocycles. The van der Waals surface area contributed by atoms with Gasteiger partial charge in [-0.05, 0) is 37.8 Å². The van der Waals surface area contributed by atoms with Crippen LogP contribution in [0.15, 0.2) is 18.3 Å². The Morgan fingerprint density at radius 3 is 2.46 bits per heavy atom. The van der Waals surface area contributed by atoms with Crippen molar-refractivity contribution in [2.45, 2.75) is 68.7 Å². The normalized spacial score (nSPS) is 33.0. The number of aromatic nitrogens is 1. The van der Waals surface area contributed by atoms with Gasteiger partial charge in [-0.15, -0.1) is 0 Å². The van der Waals surface area contributed by atoms with Crippen molar-refractivity contribution in [3.05, 3.63) is 24.0 Å². The average molecular weight is 336 g/mol. The van der Waals surface area contributed by atoms with E-state index >= 15 is 0 Å². The van der Waals surface area contributed by atoms with Gasteiger partial charge in [0.2, 0.25) is 0 Å². The summed E-state index contributed by atoms with van der Waals surface area (Å²) in [7, 11) is 1.65. The van der Waals surface area contributed by atoms with E-state index in [0.29, 0.717) is 12.8 Å². The third-order valence-electron chi connectivity index (χ3n) is 6.54. The van der Waals surface area contributed by atoms with Gasteiger partial charge in [0.1, 0.15) is 5.75 Å². The Balaban J connectivity index is 1.42. The van der Waals surface area contributed by atoms with Gasteiger partial charge in [-0.25, -0.2) is 8.78 Å². The zero-order valence-electron chi connectivity index (χ0n) is 14.3. The molecule has 4 rings (SSSR count). The molecule has 0 aliphatic heterocycles. The molecule has 1 heterocycles. The van der Waals surface area contributed by atoms with E-state index in [9.17, 15) is 8.78 Å². The van der Waals surface area contributed by atoms with Crippen molar-refractivity contribution >= 4 is 0 Å². The predicted octanol–water partition coefficient (Wildman–Crippen LogP) is 4.07. The molecule has 0 unspecified atom stereocenters. The fourth-order valence-corrected chi connectivity index (χ4v) is 4.76. The Hall–Kier alpha value is -1.23. The fourth-order valence-electron chi connectivity index (χ4n) is 4.76. The molecule has 1 N–H and O–H groups in total. The summed E-state index contributed by atoms with van der Waals surface area (Å²) in [6, 6.07) is 4.29. The maximum Gasteiger partial charge on any atom is 0.254 e. The van der Waals surface area contributed by atoms with Crippen LogP contribution >= 0.6 is 0 Å². The number of alkyl halides is 2. The summed E-state index contributed by atoms with van der Waals surface area (Å²) in [5.74, 6) is -1.62. The fraction of sp³-hybridized carbons (Fsp3) is 0.737. The molecular formula is C19H26F2N2O. The van der Waals surface area contributed by atoms with E-state index in [4.69, 9.17) is 4.74 Å². The molecule has 5 heteroatoms. The average Bonchev–Trinajstić information content (AvgIpc) is 3.15. The molecule has 1 aromatic heterocycles. The number of halogens is 2. The van der Waals surface area contributed by atoms with Crippen molar-refractivity contribution in [1.82, 2.24) is 10.3 Å². The van der Waals surface area contributed by atoms with Gasteiger partial charge in [-0.2, -0.15) is 0 Å². The summed E-state index contributed by atoms with van der Waals surface area (Å²) in [4.78, 5) is 4.65. The molecule has 3 saturated carbocycles. The minimum atomic E-state index is -2.40. The van der Waals surface area contributed by atoms with E-state index in [1.165, 1.54) is 19.3 Å². The Bertz CT molecular complexity index is 590. The zero-order valence-corrected chi connectivity index (χ0v) is 14.3. The second-order valence-electron chi connectivity index (χ2n) is 8.07. The summed E-state index contributed by atoms with van der Waals surface area (Å²) in [6.07, 6.45) is 9.08. The van der Waals surface area contributed by atoms with Crippen LogP contribution in [0.2, 0.25) is 0 Å². The van der Waals surface area contributed by atoms with Crippen LogP contribution in [0.1, 0.15) is 57.1 Å². The Morgan fingerprint density at radius 1 is 1.21 bits per heavy atom. The Kier molecular flexibility index (Phi) is 3.83. The monoisotopic (exact) mass is 336 g/mol. The van der Waals surface area contributed by atoms with E-state index in [-0.39, 0.29) is 17.9 Å². The lowest BCUT2D eigenvalue weighted by Gasteiger charge is -2.42. The first kappa shape index (κ1) is 16.2. The number of nitrogens with one attached hydrogen (secondary N) is 1. The minimum Gasteiger partial charge on any atom is -0.495 e. The van der Waals surface area contributed by atoms with E-state index in [2.05, 4.69) is 16.4 Å². The van der Waals surface area contributed by atoms with Crippen molar-refractivity contribution < 1.29 is 13.5 Å². The van der Waals surface area contributed by atoms with Gasteiger partial charge >= 0.3 is 0 Å². The summed E-state index contributed by atoms with van der Waals surface area (Å²) < 4.78 is 31.9. The number of pyridine rings is 1. The van der Waals surface area contributed by atoms with E-state index in [1.54, 1.807) is 13.3 Å². The molecular weight excluding hydrogens is 310 g/mol. The highest BCUT2D eigenvalue weighted by atomic mass is 19.3. The van der Waals surface area contributed by atoms with Crippen LogP contribution in [0, 0.1) is 5.41 Å². The standard InChI is InChI=1S/C19H26F2N2O/c1-24-15-5-6-16(22-11-15)17(7-3-2-4-8-17)13-23-14-9-18(10-14)12-19(18,20)21/h5-6,11,14,23H,2-4,7-10,12-13H2,1H3. The lowest BCUT2D eigenvalue weighted by molar-refractivity contribution is 0.0124. The Labute approximate surface area is 142 Å². The van der Waals surface area contributed by atoms with E-state index in [1.807, 2.05) is 6.07 Å². The number of hydrogen-bond acceptors (Lipinski definition) is 3. The third kappa shape index (κ3) is 2.61. The van der Waals surface area contributed by atoms with Gasteiger partial charge in [0.25, 0.3) is 5.92 Å². The minimum absolute atomic E-state index is 0.0410. The topological polar surface area (TPSA) is 34.1 Å². The quantitative estimate of drug-likeness (QED) is 0.880. The molecule has 0 saturated heterocycles. The maximum atomic E-state index is 13.4. The number of rotatable bonds is 5. The van der Waals surface area contributed by atoms with Gasteiger partial charge in [0, 0.05) is 35.5 Å². The highest BCUT2D eigenvalue weighted by Gasteiger charge is 2.75. The molecule has 3 nitrogen and oxygen atoms in total. The van der Waals surface area contributed by atoms with Crippen molar-refractivity contribution in [2.24, 2.45) is 5.41 Å². The smallest absolute Gasteiger partial charge is 0.254 e. The number of nitrogens with zero attached hydrogens (tertiary/aromatic N) is 1. The van der Waals surface area contributed by atoms with Crippen LogP contribution in [0.4, 0.5) is 8.78 Å². The molecule has 24 heavy (non-hydrogen) atoms. The first-order valence-electron chi connectivity index (χ1n) is 9.11. The number of methoxy groups -OCH3 is 1. The number of hydrogen-bond donors (Lipinski definition) is 1. The molecule has 3 fully saturated rings. The highest BCUT2D eigenvalue weighted by molar-refractivity contribution is 5.26. The van der Waals surface area contributed by atoms with Gasteiger partial charge in [0.15, 0.2) is 0 Å². The van der Waals surface area contributed by atoms with Crippen molar-refractivity contribution in [2.75, 3.05) is 13.7 Å². The van der Waals surface area contributed by atoms with Gasteiger partial charge in [0.05, 0.1) is 13.3 Å². The summed E-state index contributed by atoms with van der Waals surface area (Å²) >= 11 is 0. The molecule has 1 spiro atoms. The second kappa shape index (κ2) is 5.65. The van der Waals surface area contributed by atoms with Crippen LogP contribution < -0.4 is 10.1 Å². The molecule has 132 valence electrons. The van der Waals surface area contributed by atoms with Crippen LogP contribution in [-0.2, 0) is 5.41 Å². The zero-order chi connectivity index (χ0) is 16.8. The lowest BCUT2D eigenvalue weighted by atomic mass is 9.70. The molecule has 1 aromatic rings. The van der Waals surface area contributed by atoms with Gasteiger partial charge in [-0.3, -0.25) is 4.98 Å². The SMILES string of the molecule is COc1ccc(C2(CNC3CC4(C3)CC4(F)F)CCCCC2)nc1. The van der Waals surface area contributed by atoms with Crippen LogP contribution in [-0.4, -0.2) is 30.6 Å². The van der Waals surface area contributed by atoms with Crippen LogP contribution in [0.5, 0.6) is 5.75 Å². The van der Waals surface area contributed by atoms with Gasteiger partial charge in [-0.1, -0.05) is 19.3 Å². The third-order valence-corrected chi connectivity index (χ3v) is 6.54. The first-order valence-corrected chi connectivity index (χ1v) is 9.11. The lowest BCUT2D eigenvalue weighted by Crippen LogP contribution is -2.50. The van der Waals surface area contributed by atoms with Crippen LogP contribution in [0.25, 0.3) is 0 Å². The predicted molar refractivity (Wildman–Crippen MR) is 88.6 cm³/mol. The molecule has 3 aliphatic rings. The van der Waals surface area contributed by atoms with Crippen molar-refractivity contribution in [3.8, 4) is 5.75 Å². The molecule has 0 bridgehead atoms.